The lowest BCUT2D eigenvalue weighted by Gasteiger charge is -2.32. The predicted octanol–water partition coefficient (Wildman–Crippen LogP) is 4.17. The van der Waals surface area contributed by atoms with Gasteiger partial charge in [-0.3, -0.25) is 0 Å². The van der Waals surface area contributed by atoms with Crippen LogP contribution in [0.25, 0.3) is 5.70 Å². The number of aromatic nitrogens is 2. The first kappa shape index (κ1) is 18.5. The molecule has 1 aliphatic rings. The van der Waals surface area contributed by atoms with Crippen LogP contribution in [-0.4, -0.2) is 20.5 Å². The minimum Gasteiger partial charge on any atom is -0.507 e. The average Bonchev–Trinajstić information content (AvgIpc) is 2.90. The smallest absolute Gasteiger partial charge is 0.131 e. The van der Waals surface area contributed by atoms with Crippen LogP contribution in [0.1, 0.15) is 65.2 Å². The van der Waals surface area contributed by atoms with Gasteiger partial charge in [0, 0.05) is 22.8 Å². The lowest BCUT2D eigenvalue weighted by molar-refractivity contribution is 0.423. The largest absolute Gasteiger partial charge is 0.507 e. The number of hydrogen-bond acceptors (Lipinski definition) is 4. The molecule has 0 radical (unpaired) electrons. The van der Waals surface area contributed by atoms with Gasteiger partial charge < -0.3 is 16.2 Å². The van der Waals surface area contributed by atoms with Crippen molar-refractivity contribution in [1.29, 1.82) is 0 Å². The number of rotatable bonds is 1. The van der Waals surface area contributed by atoms with Gasteiger partial charge in [-0.15, -0.1) is 0 Å². The summed E-state index contributed by atoms with van der Waals surface area (Å²) in [5.74, 6) is 1.23. The second-order valence-corrected chi connectivity index (χ2v) is 9.49. The van der Waals surface area contributed by atoms with Gasteiger partial charge in [0.15, 0.2) is 0 Å². The maximum absolute atomic E-state index is 11.0. The van der Waals surface area contributed by atoms with Gasteiger partial charge in [0.1, 0.15) is 17.2 Å². The zero-order chi connectivity index (χ0) is 19.5. The number of phenolic OH excluding ortho intramolecular Hbond substituents is 1. The van der Waals surface area contributed by atoms with Gasteiger partial charge in [-0.2, -0.15) is 5.10 Å². The molecule has 5 nitrogen and oxygen atoms in total. The molecule has 0 spiro atoms. The molecule has 1 aromatic heterocycles. The topological polar surface area (TPSA) is 76.1 Å². The molecule has 2 aromatic rings. The maximum atomic E-state index is 11.0. The molecule has 1 atom stereocenters. The molecule has 0 amide bonds. The van der Waals surface area contributed by atoms with Gasteiger partial charge >= 0.3 is 0 Å². The van der Waals surface area contributed by atoms with E-state index in [0.29, 0.717) is 5.75 Å². The predicted molar refractivity (Wildman–Crippen MR) is 107 cm³/mol. The van der Waals surface area contributed by atoms with Gasteiger partial charge in [-0.25, -0.2) is 4.68 Å². The molecule has 140 valence electrons. The monoisotopic (exact) mass is 354 g/mol. The van der Waals surface area contributed by atoms with Crippen molar-refractivity contribution in [1.82, 2.24) is 9.78 Å². The third-order valence-electron chi connectivity index (χ3n) is 4.73. The highest BCUT2D eigenvalue weighted by molar-refractivity contribution is 5.75. The maximum Gasteiger partial charge on any atom is 0.131 e. The third kappa shape index (κ3) is 3.23. The Kier molecular flexibility index (Phi) is 4.00. The van der Waals surface area contributed by atoms with Crippen molar-refractivity contribution in [2.24, 2.45) is 5.73 Å². The van der Waals surface area contributed by atoms with Crippen LogP contribution in [0.2, 0.25) is 0 Å². The summed E-state index contributed by atoms with van der Waals surface area (Å²) in [6, 6.07) is 6.03. The van der Waals surface area contributed by atoms with E-state index in [1.807, 2.05) is 23.7 Å². The molecule has 26 heavy (non-hydrogen) atoms. The average molecular weight is 354 g/mol. The van der Waals surface area contributed by atoms with Crippen molar-refractivity contribution < 1.29 is 5.11 Å². The van der Waals surface area contributed by atoms with Gasteiger partial charge in [-0.1, -0.05) is 41.5 Å². The number of phenols is 1. The van der Waals surface area contributed by atoms with E-state index in [0.717, 1.165) is 28.2 Å². The van der Waals surface area contributed by atoms with Crippen molar-refractivity contribution in [3.63, 3.8) is 0 Å². The zero-order valence-electron chi connectivity index (χ0n) is 16.8. The number of nitrogens with zero attached hydrogens (tertiary/aromatic N) is 2. The van der Waals surface area contributed by atoms with Gasteiger partial charge in [-0.05, 0) is 36.0 Å². The zero-order valence-corrected chi connectivity index (χ0v) is 16.8. The Morgan fingerprint density at radius 2 is 1.62 bits per heavy atom. The molecule has 0 saturated heterocycles. The van der Waals surface area contributed by atoms with E-state index in [1.54, 1.807) is 6.20 Å². The van der Waals surface area contributed by atoms with Gasteiger partial charge in [0.2, 0.25) is 0 Å². The van der Waals surface area contributed by atoms with Crippen LogP contribution in [-0.2, 0) is 10.8 Å². The number of nitrogens with two attached hydrogens (primary N) is 1. The Bertz CT molecular complexity index is 841. The number of benzene rings is 1. The standard InChI is InChI=1S/C21H30N4O/c1-19(2,3)14-10-13(11-15(18(14)26)20(4,5)6)16-12-21(7,22)24-17-8-9-23-25(16)17/h8-12,24,26H,22H2,1-7H3. The molecule has 0 saturated carbocycles. The fourth-order valence-electron chi connectivity index (χ4n) is 3.38. The van der Waals surface area contributed by atoms with Crippen LogP contribution < -0.4 is 11.1 Å². The summed E-state index contributed by atoms with van der Waals surface area (Å²) in [6.45, 7) is 14.6. The first-order valence-electron chi connectivity index (χ1n) is 9.02. The summed E-state index contributed by atoms with van der Waals surface area (Å²) in [6.07, 6.45) is 3.74. The number of aromatic hydroxyl groups is 1. The molecule has 0 bridgehead atoms. The van der Waals surface area contributed by atoms with E-state index in [2.05, 4.69) is 64.1 Å². The van der Waals surface area contributed by atoms with Crippen LogP contribution in [0.5, 0.6) is 5.75 Å². The highest BCUT2D eigenvalue weighted by atomic mass is 16.3. The van der Waals surface area contributed by atoms with Gasteiger partial charge in [0.05, 0.1) is 11.9 Å². The molecular formula is C21H30N4O. The number of nitrogens with one attached hydrogen (secondary N) is 1. The highest BCUT2D eigenvalue weighted by Crippen LogP contribution is 2.42. The van der Waals surface area contributed by atoms with Crippen LogP contribution in [0, 0.1) is 0 Å². The second-order valence-electron chi connectivity index (χ2n) is 9.49. The van der Waals surface area contributed by atoms with E-state index in [9.17, 15) is 5.11 Å². The molecule has 5 heteroatoms. The lowest BCUT2D eigenvalue weighted by atomic mass is 9.78. The Hall–Kier alpha value is -2.27. The molecule has 0 fully saturated rings. The highest BCUT2D eigenvalue weighted by Gasteiger charge is 2.30. The van der Waals surface area contributed by atoms with Crippen LogP contribution >= 0.6 is 0 Å². The Morgan fingerprint density at radius 1 is 1.08 bits per heavy atom. The van der Waals surface area contributed by atoms with Crippen LogP contribution in [0.3, 0.4) is 0 Å². The van der Waals surface area contributed by atoms with Crippen LogP contribution in [0.4, 0.5) is 5.82 Å². The first-order valence-corrected chi connectivity index (χ1v) is 9.02. The Balaban J connectivity index is 2.31. The Labute approximate surface area is 155 Å². The molecule has 0 aliphatic carbocycles. The van der Waals surface area contributed by atoms with Crippen molar-refractivity contribution in [2.75, 3.05) is 5.32 Å². The third-order valence-corrected chi connectivity index (χ3v) is 4.73. The summed E-state index contributed by atoms with van der Waals surface area (Å²) < 4.78 is 1.86. The van der Waals surface area contributed by atoms with Crippen LogP contribution in [0.15, 0.2) is 30.5 Å². The van der Waals surface area contributed by atoms with E-state index in [4.69, 9.17) is 5.73 Å². The molecule has 1 aliphatic heterocycles. The van der Waals surface area contributed by atoms with E-state index in [1.165, 1.54) is 0 Å². The Morgan fingerprint density at radius 3 is 2.12 bits per heavy atom. The van der Waals surface area contributed by atoms with Crippen molar-refractivity contribution in [3.05, 3.63) is 47.2 Å². The molecule has 4 N–H and O–H groups in total. The summed E-state index contributed by atoms with van der Waals surface area (Å²) in [7, 11) is 0. The quantitative estimate of drug-likeness (QED) is 0.718. The van der Waals surface area contributed by atoms with Gasteiger partial charge in [0.25, 0.3) is 0 Å². The van der Waals surface area contributed by atoms with Crippen molar-refractivity contribution in [2.45, 2.75) is 65.0 Å². The van der Waals surface area contributed by atoms with E-state index >= 15 is 0 Å². The molecular weight excluding hydrogens is 324 g/mol. The number of anilines is 1. The molecule has 1 unspecified atom stereocenters. The summed E-state index contributed by atoms with van der Waals surface area (Å²) in [5, 5.41) is 18.7. The minimum absolute atomic E-state index is 0.188. The lowest BCUT2D eigenvalue weighted by Crippen LogP contribution is -2.45. The van der Waals surface area contributed by atoms with E-state index < -0.39 is 5.66 Å². The molecule has 3 rings (SSSR count). The summed E-state index contributed by atoms with van der Waals surface area (Å²) >= 11 is 0. The summed E-state index contributed by atoms with van der Waals surface area (Å²) in [4.78, 5) is 0. The van der Waals surface area contributed by atoms with E-state index in [-0.39, 0.29) is 10.8 Å². The number of hydrogen-bond donors (Lipinski definition) is 3. The summed E-state index contributed by atoms with van der Waals surface area (Å²) in [5.41, 5.74) is 9.10. The molecule has 1 aromatic carbocycles. The first-order chi connectivity index (χ1) is 11.8. The normalized spacial score (nSPS) is 20.4. The van der Waals surface area contributed by atoms with Crippen molar-refractivity contribution in [3.8, 4) is 5.75 Å². The fourth-order valence-corrected chi connectivity index (χ4v) is 3.38. The SMILES string of the molecule is CC1(N)C=C(c2cc(C(C)(C)C)c(O)c(C(C)(C)C)c2)n2nccc2N1. The molecule has 2 heterocycles. The fraction of sp³-hybridized carbons (Fsp3) is 0.476. The van der Waals surface area contributed by atoms with Crippen molar-refractivity contribution >= 4 is 11.5 Å². The second kappa shape index (κ2) is 5.61. The minimum atomic E-state index is -0.674. The number of fused-ring (bicyclic) bond motifs is 1.